The maximum absolute atomic E-state index is 11.9. The van der Waals surface area contributed by atoms with E-state index >= 15 is 0 Å². The predicted molar refractivity (Wildman–Crippen MR) is 69.0 cm³/mol. The second kappa shape index (κ2) is 5.96. The van der Waals surface area contributed by atoms with Gasteiger partial charge in [-0.3, -0.25) is 4.79 Å². The van der Waals surface area contributed by atoms with E-state index in [0.29, 0.717) is 32.6 Å². The van der Waals surface area contributed by atoms with Gasteiger partial charge in [-0.05, 0) is 6.42 Å². The van der Waals surface area contributed by atoms with E-state index in [1.54, 1.807) is 4.90 Å². The molecule has 0 aromatic rings. The monoisotopic (exact) mass is 278 g/mol. The van der Waals surface area contributed by atoms with Crippen LogP contribution in [0, 0.1) is 0 Å². The molecule has 1 saturated heterocycles. The van der Waals surface area contributed by atoms with Crippen molar-refractivity contribution in [3.63, 3.8) is 0 Å². The molecule has 0 aromatic carbocycles. The van der Waals surface area contributed by atoms with Crippen LogP contribution in [-0.4, -0.2) is 74.2 Å². The average Bonchev–Trinajstić information content (AvgIpc) is 2.36. The number of piperazine rings is 1. The van der Waals surface area contributed by atoms with Crippen LogP contribution in [0.15, 0.2) is 0 Å². The van der Waals surface area contributed by atoms with Crippen molar-refractivity contribution >= 4 is 16.1 Å². The molecule has 1 aliphatic heterocycles. The largest absolute Gasteiger partial charge is 0.339 e. The molecule has 1 aliphatic rings. The number of carbonyl (C=O) groups is 1. The van der Waals surface area contributed by atoms with Gasteiger partial charge in [0, 0.05) is 40.3 Å². The van der Waals surface area contributed by atoms with Gasteiger partial charge in [-0.2, -0.15) is 17.0 Å². The summed E-state index contributed by atoms with van der Waals surface area (Å²) in [4.78, 5) is 13.5. The maximum atomic E-state index is 11.9. The van der Waals surface area contributed by atoms with Crippen LogP contribution >= 0.6 is 0 Å². The Morgan fingerprint density at radius 1 is 1.28 bits per heavy atom. The summed E-state index contributed by atoms with van der Waals surface area (Å²) in [6.07, 6.45) is 0.592. The first-order valence-electron chi connectivity index (χ1n) is 6.02. The van der Waals surface area contributed by atoms with E-state index in [9.17, 15) is 13.2 Å². The van der Waals surface area contributed by atoms with Crippen molar-refractivity contribution in [1.82, 2.24) is 13.5 Å². The molecule has 106 valence electrons. The minimum atomic E-state index is -3.38. The fourth-order valence-corrected chi connectivity index (χ4v) is 2.87. The van der Waals surface area contributed by atoms with Crippen LogP contribution in [0.2, 0.25) is 0 Å². The van der Waals surface area contributed by atoms with E-state index < -0.39 is 16.3 Å². The van der Waals surface area contributed by atoms with Crippen molar-refractivity contribution in [2.75, 3.05) is 40.3 Å². The molecule has 1 atom stereocenters. The third-order valence-electron chi connectivity index (χ3n) is 3.10. The second-order valence-electron chi connectivity index (χ2n) is 4.53. The fraction of sp³-hybridized carbons (Fsp3) is 0.900. The third kappa shape index (κ3) is 3.19. The quantitative estimate of drug-likeness (QED) is 0.690. The summed E-state index contributed by atoms with van der Waals surface area (Å²) in [5, 5.41) is 0. The van der Waals surface area contributed by atoms with Crippen molar-refractivity contribution in [2.24, 2.45) is 5.73 Å². The Balaban J connectivity index is 2.59. The predicted octanol–water partition coefficient (Wildman–Crippen LogP) is -1.33. The highest BCUT2D eigenvalue weighted by atomic mass is 32.2. The topological polar surface area (TPSA) is 87.0 Å². The van der Waals surface area contributed by atoms with Gasteiger partial charge in [0.2, 0.25) is 5.91 Å². The summed E-state index contributed by atoms with van der Waals surface area (Å²) < 4.78 is 26.3. The van der Waals surface area contributed by atoms with Crippen LogP contribution in [0.1, 0.15) is 13.3 Å². The summed E-state index contributed by atoms with van der Waals surface area (Å²) in [5.41, 5.74) is 5.68. The van der Waals surface area contributed by atoms with Gasteiger partial charge in [0.15, 0.2) is 0 Å². The third-order valence-corrected chi connectivity index (χ3v) is 5.04. The Hall–Kier alpha value is -0.700. The SMILES string of the molecule is CCC(N)C(=O)N1CCN(S(=O)(=O)N(C)C)CC1. The van der Waals surface area contributed by atoms with Crippen molar-refractivity contribution in [3.05, 3.63) is 0 Å². The number of nitrogens with zero attached hydrogens (tertiary/aromatic N) is 3. The first-order valence-corrected chi connectivity index (χ1v) is 7.42. The molecule has 1 heterocycles. The summed E-state index contributed by atoms with van der Waals surface area (Å²) in [5.74, 6) is -0.0978. The molecule has 1 rings (SSSR count). The molecule has 0 aliphatic carbocycles. The fourth-order valence-electron chi connectivity index (χ4n) is 1.78. The molecule has 1 unspecified atom stereocenters. The number of rotatable bonds is 4. The first kappa shape index (κ1) is 15.4. The van der Waals surface area contributed by atoms with Crippen LogP contribution < -0.4 is 5.73 Å². The molecule has 1 fully saturated rings. The molecule has 0 aromatic heterocycles. The molecular formula is C10H22N4O3S. The lowest BCUT2D eigenvalue weighted by atomic mass is 10.2. The minimum absolute atomic E-state index is 0.0978. The normalized spacial score (nSPS) is 20.2. The molecular weight excluding hydrogens is 256 g/mol. The standard InChI is InChI=1S/C10H22N4O3S/c1-4-9(11)10(15)13-5-7-14(8-6-13)18(16,17)12(2)3/h9H,4-8,11H2,1-3H3. The zero-order valence-corrected chi connectivity index (χ0v) is 12.0. The first-order chi connectivity index (χ1) is 8.30. The highest BCUT2D eigenvalue weighted by molar-refractivity contribution is 7.86. The van der Waals surface area contributed by atoms with E-state index in [-0.39, 0.29) is 5.91 Å². The van der Waals surface area contributed by atoms with Crippen LogP contribution in [0.5, 0.6) is 0 Å². The van der Waals surface area contributed by atoms with Gasteiger partial charge >= 0.3 is 0 Å². The van der Waals surface area contributed by atoms with E-state index in [2.05, 4.69) is 0 Å². The van der Waals surface area contributed by atoms with Crippen molar-refractivity contribution in [2.45, 2.75) is 19.4 Å². The van der Waals surface area contributed by atoms with Crippen LogP contribution in [0.4, 0.5) is 0 Å². The number of nitrogens with two attached hydrogens (primary N) is 1. The van der Waals surface area contributed by atoms with E-state index in [1.807, 2.05) is 6.92 Å². The highest BCUT2D eigenvalue weighted by Crippen LogP contribution is 2.10. The zero-order chi connectivity index (χ0) is 13.9. The molecule has 18 heavy (non-hydrogen) atoms. The summed E-state index contributed by atoms with van der Waals surface area (Å²) in [6.45, 7) is 3.31. The summed E-state index contributed by atoms with van der Waals surface area (Å²) >= 11 is 0. The lowest BCUT2D eigenvalue weighted by Crippen LogP contribution is -2.55. The maximum Gasteiger partial charge on any atom is 0.281 e. The number of amides is 1. The van der Waals surface area contributed by atoms with Crippen LogP contribution in [0.25, 0.3) is 0 Å². The number of hydrogen-bond acceptors (Lipinski definition) is 4. The van der Waals surface area contributed by atoms with Crippen molar-refractivity contribution in [3.8, 4) is 0 Å². The molecule has 0 spiro atoms. The lowest BCUT2D eigenvalue weighted by Gasteiger charge is -2.36. The Kier molecular flexibility index (Phi) is 5.09. The molecule has 0 radical (unpaired) electrons. The van der Waals surface area contributed by atoms with Crippen LogP contribution in [0.3, 0.4) is 0 Å². The van der Waals surface area contributed by atoms with E-state index in [4.69, 9.17) is 5.73 Å². The van der Waals surface area contributed by atoms with Gasteiger partial charge in [0.1, 0.15) is 0 Å². The molecule has 0 bridgehead atoms. The minimum Gasteiger partial charge on any atom is -0.339 e. The number of carbonyl (C=O) groups excluding carboxylic acids is 1. The average molecular weight is 278 g/mol. The summed E-state index contributed by atoms with van der Waals surface area (Å²) in [6, 6.07) is -0.484. The highest BCUT2D eigenvalue weighted by Gasteiger charge is 2.31. The molecule has 1 amide bonds. The smallest absolute Gasteiger partial charge is 0.281 e. The van der Waals surface area contributed by atoms with Gasteiger partial charge in [-0.25, -0.2) is 0 Å². The molecule has 8 heteroatoms. The Labute approximate surface area is 109 Å². The van der Waals surface area contributed by atoms with E-state index in [0.717, 1.165) is 0 Å². The molecule has 7 nitrogen and oxygen atoms in total. The second-order valence-corrected chi connectivity index (χ2v) is 6.67. The van der Waals surface area contributed by atoms with Gasteiger partial charge in [-0.1, -0.05) is 6.92 Å². The van der Waals surface area contributed by atoms with Crippen LogP contribution in [-0.2, 0) is 15.0 Å². The number of hydrogen-bond donors (Lipinski definition) is 1. The Bertz CT molecular complexity index is 388. The Morgan fingerprint density at radius 2 is 1.78 bits per heavy atom. The Morgan fingerprint density at radius 3 is 2.17 bits per heavy atom. The summed E-state index contributed by atoms with van der Waals surface area (Å²) in [7, 11) is -0.378. The van der Waals surface area contributed by atoms with E-state index in [1.165, 1.54) is 22.7 Å². The molecule has 0 saturated carbocycles. The van der Waals surface area contributed by atoms with Gasteiger partial charge in [0.05, 0.1) is 6.04 Å². The van der Waals surface area contributed by atoms with Crippen molar-refractivity contribution < 1.29 is 13.2 Å². The molecule has 2 N–H and O–H groups in total. The zero-order valence-electron chi connectivity index (χ0n) is 11.2. The van der Waals surface area contributed by atoms with Gasteiger partial charge < -0.3 is 10.6 Å². The van der Waals surface area contributed by atoms with Gasteiger partial charge in [-0.15, -0.1) is 0 Å². The van der Waals surface area contributed by atoms with Crippen molar-refractivity contribution in [1.29, 1.82) is 0 Å². The van der Waals surface area contributed by atoms with Gasteiger partial charge in [0.25, 0.3) is 10.2 Å². The lowest BCUT2D eigenvalue weighted by molar-refractivity contribution is -0.133.